The summed E-state index contributed by atoms with van der Waals surface area (Å²) in [5.41, 5.74) is 4.42. The Balaban J connectivity index is 1.59. The second-order valence-electron chi connectivity index (χ2n) is 8.86. The van der Waals surface area contributed by atoms with Crippen LogP contribution in [0, 0.1) is 5.41 Å². The first-order valence-electron chi connectivity index (χ1n) is 11.5. The second kappa shape index (κ2) is 9.99. The third-order valence-electron chi connectivity index (χ3n) is 6.38. The van der Waals surface area contributed by atoms with Crippen molar-refractivity contribution in [1.82, 2.24) is 25.5 Å². The Hall–Kier alpha value is -3.81. The quantitative estimate of drug-likeness (QED) is 0.412. The number of ether oxygens (including phenoxy) is 1. The molecule has 8 heteroatoms. The van der Waals surface area contributed by atoms with Crippen molar-refractivity contribution < 1.29 is 14.3 Å². The second-order valence-corrected chi connectivity index (χ2v) is 8.86. The first-order valence-corrected chi connectivity index (χ1v) is 11.5. The average Bonchev–Trinajstić information content (AvgIpc) is 3.37. The maximum absolute atomic E-state index is 13.1. The van der Waals surface area contributed by atoms with Crippen molar-refractivity contribution in [2.45, 2.75) is 46.6 Å². The number of H-pyrrole nitrogens is 1. The Morgan fingerprint density at radius 1 is 1.12 bits per heavy atom. The number of hydrogen-bond acceptors (Lipinski definition) is 6. The number of piperidine rings is 1. The Labute approximate surface area is 199 Å². The van der Waals surface area contributed by atoms with Gasteiger partial charge < -0.3 is 9.64 Å². The molecule has 1 aromatic heterocycles. The van der Waals surface area contributed by atoms with E-state index in [1.165, 1.54) is 6.08 Å². The molecule has 34 heavy (non-hydrogen) atoms. The monoisotopic (exact) mass is 459 g/mol. The molecule has 8 nitrogen and oxygen atoms in total. The van der Waals surface area contributed by atoms with Crippen molar-refractivity contribution in [1.29, 1.82) is 0 Å². The number of nitrogens with one attached hydrogen (secondary N) is 1. The lowest BCUT2D eigenvalue weighted by Gasteiger charge is -2.40. The average molecular weight is 460 g/mol. The van der Waals surface area contributed by atoms with Gasteiger partial charge >= 0.3 is 5.97 Å². The molecule has 0 radical (unpaired) electrons. The first kappa shape index (κ1) is 23.4. The molecule has 2 heterocycles. The fourth-order valence-electron chi connectivity index (χ4n) is 4.28. The van der Waals surface area contributed by atoms with Crippen LogP contribution in [0.15, 0.2) is 60.3 Å². The predicted molar refractivity (Wildman–Crippen MR) is 128 cm³/mol. The van der Waals surface area contributed by atoms with E-state index in [2.05, 4.69) is 34.5 Å². The molecule has 1 aliphatic rings. The van der Waals surface area contributed by atoms with Gasteiger partial charge in [-0.2, -0.15) is 5.21 Å². The zero-order chi connectivity index (χ0) is 24.1. The van der Waals surface area contributed by atoms with E-state index < -0.39 is 5.97 Å². The van der Waals surface area contributed by atoms with E-state index in [1.54, 1.807) is 11.8 Å². The molecule has 2 aromatic carbocycles. The summed E-state index contributed by atoms with van der Waals surface area (Å²) in [6.45, 7) is 6.65. The number of hydrogen-bond donors (Lipinski definition) is 1. The van der Waals surface area contributed by atoms with Gasteiger partial charge in [0, 0.05) is 23.8 Å². The minimum atomic E-state index is -0.413. The van der Waals surface area contributed by atoms with Crippen molar-refractivity contribution in [3.8, 4) is 22.5 Å². The van der Waals surface area contributed by atoms with Gasteiger partial charge in [-0.15, -0.1) is 10.2 Å². The summed E-state index contributed by atoms with van der Waals surface area (Å²) in [7, 11) is 0. The lowest BCUT2D eigenvalue weighted by molar-refractivity contribution is -0.137. The van der Waals surface area contributed by atoms with Crippen molar-refractivity contribution in [3.05, 3.63) is 65.9 Å². The van der Waals surface area contributed by atoms with Crippen LogP contribution in [0.5, 0.6) is 0 Å². The molecule has 176 valence electrons. The standard InChI is InChI=1S/C26H29N5O3/c1-4-26(3)15-20(14-24(33)34-5-2)31(23(32)16-26)17-18-10-12-19(13-11-18)21-8-6-7-9-22(21)25-27-29-30-28-25/h6-14H,4-5,15-17H2,1-3H3,(H,27,28,29,30)/b20-14+. The van der Waals surface area contributed by atoms with Crippen LogP contribution >= 0.6 is 0 Å². The molecule has 1 unspecified atom stereocenters. The molecule has 0 saturated carbocycles. The van der Waals surface area contributed by atoms with E-state index in [-0.39, 0.29) is 11.3 Å². The van der Waals surface area contributed by atoms with Gasteiger partial charge in [0.05, 0.1) is 13.2 Å². The van der Waals surface area contributed by atoms with E-state index in [4.69, 9.17) is 4.74 Å². The van der Waals surface area contributed by atoms with Crippen LogP contribution < -0.4 is 0 Å². The highest BCUT2D eigenvalue weighted by atomic mass is 16.5. The van der Waals surface area contributed by atoms with E-state index >= 15 is 0 Å². The van der Waals surface area contributed by atoms with E-state index in [1.807, 2.05) is 48.5 Å². The highest BCUT2D eigenvalue weighted by Gasteiger charge is 2.37. The molecule has 1 aliphatic heterocycles. The summed E-state index contributed by atoms with van der Waals surface area (Å²) in [5, 5.41) is 14.4. The zero-order valence-electron chi connectivity index (χ0n) is 19.7. The van der Waals surface area contributed by atoms with Gasteiger partial charge in [-0.1, -0.05) is 62.4 Å². The minimum absolute atomic E-state index is 0.0256. The van der Waals surface area contributed by atoms with Gasteiger partial charge in [0.2, 0.25) is 11.7 Å². The molecule has 0 bridgehead atoms. The molecule has 0 spiro atoms. The lowest BCUT2D eigenvalue weighted by atomic mass is 9.76. The first-order chi connectivity index (χ1) is 16.4. The van der Waals surface area contributed by atoms with Gasteiger partial charge in [0.25, 0.3) is 0 Å². The molecular formula is C26H29N5O3. The fraction of sp³-hybridized carbons (Fsp3) is 0.346. The van der Waals surface area contributed by atoms with E-state index in [0.717, 1.165) is 28.7 Å². The SMILES string of the molecule is CCOC(=O)/C=C1\CC(C)(CC)CC(=O)N1Cc1ccc(-c2ccccc2-c2nn[nH]n2)cc1. The van der Waals surface area contributed by atoms with Crippen LogP contribution in [0.1, 0.15) is 45.6 Å². The number of carbonyl (C=O) groups is 2. The van der Waals surface area contributed by atoms with E-state index in [0.29, 0.717) is 37.5 Å². The number of allylic oxidation sites excluding steroid dienone is 1. The van der Waals surface area contributed by atoms with Crippen molar-refractivity contribution >= 4 is 11.9 Å². The Morgan fingerprint density at radius 3 is 2.50 bits per heavy atom. The van der Waals surface area contributed by atoms with Crippen molar-refractivity contribution in [2.24, 2.45) is 5.41 Å². The molecule has 1 fully saturated rings. The molecule has 3 aromatic rings. The smallest absolute Gasteiger partial charge is 0.332 e. The Bertz CT molecular complexity index is 1190. The van der Waals surface area contributed by atoms with Crippen LogP contribution in [0.2, 0.25) is 0 Å². The van der Waals surface area contributed by atoms with Crippen LogP contribution in [-0.4, -0.2) is 44.0 Å². The number of esters is 1. The van der Waals surface area contributed by atoms with Crippen LogP contribution in [0.25, 0.3) is 22.5 Å². The zero-order valence-corrected chi connectivity index (χ0v) is 19.7. The molecular weight excluding hydrogens is 430 g/mol. The van der Waals surface area contributed by atoms with Gasteiger partial charge in [-0.3, -0.25) is 4.79 Å². The normalized spacial score (nSPS) is 19.4. The fourth-order valence-corrected chi connectivity index (χ4v) is 4.28. The number of aromatic amines is 1. The number of nitrogens with zero attached hydrogens (tertiary/aromatic N) is 4. The predicted octanol–water partition coefficient (Wildman–Crippen LogP) is 4.52. The summed E-state index contributed by atoms with van der Waals surface area (Å²) in [6, 6.07) is 15.9. The van der Waals surface area contributed by atoms with Crippen LogP contribution in [0.4, 0.5) is 0 Å². The van der Waals surface area contributed by atoms with E-state index in [9.17, 15) is 9.59 Å². The maximum Gasteiger partial charge on any atom is 0.332 e. The molecule has 1 atom stereocenters. The third-order valence-corrected chi connectivity index (χ3v) is 6.38. The number of rotatable bonds is 7. The molecule has 1 amide bonds. The molecule has 1 N–H and O–H groups in total. The van der Waals surface area contributed by atoms with Gasteiger partial charge in [0.1, 0.15) is 0 Å². The largest absolute Gasteiger partial charge is 0.463 e. The van der Waals surface area contributed by atoms with Crippen LogP contribution in [-0.2, 0) is 20.9 Å². The van der Waals surface area contributed by atoms with Crippen molar-refractivity contribution in [2.75, 3.05) is 6.61 Å². The lowest BCUT2D eigenvalue weighted by Crippen LogP contribution is -2.41. The number of aromatic nitrogens is 4. The van der Waals surface area contributed by atoms with Crippen molar-refractivity contribution in [3.63, 3.8) is 0 Å². The molecule has 4 rings (SSSR count). The summed E-state index contributed by atoms with van der Waals surface area (Å²) >= 11 is 0. The van der Waals surface area contributed by atoms with Gasteiger partial charge in [0.15, 0.2) is 0 Å². The number of benzene rings is 2. The third kappa shape index (κ3) is 5.06. The van der Waals surface area contributed by atoms with Gasteiger partial charge in [-0.05, 0) is 47.1 Å². The summed E-state index contributed by atoms with van der Waals surface area (Å²) in [4.78, 5) is 27.0. The highest BCUT2D eigenvalue weighted by Crippen LogP contribution is 2.40. The topological polar surface area (TPSA) is 101 Å². The Morgan fingerprint density at radius 2 is 1.85 bits per heavy atom. The summed E-state index contributed by atoms with van der Waals surface area (Å²) < 4.78 is 5.12. The summed E-state index contributed by atoms with van der Waals surface area (Å²) in [5.74, 6) is 0.146. The number of tetrazole rings is 1. The minimum Gasteiger partial charge on any atom is -0.463 e. The molecule has 0 aliphatic carbocycles. The maximum atomic E-state index is 13.1. The highest BCUT2D eigenvalue weighted by molar-refractivity contribution is 5.86. The Kier molecular flexibility index (Phi) is 6.86. The summed E-state index contributed by atoms with van der Waals surface area (Å²) in [6.07, 6.45) is 3.45. The number of amides is 1. The number of likely N-dealkylation sites (tertiary alicyclic amines) is 1. The molecule has 1 saturated heterocycles. The van der Waals surface area contributed by atoms with Crippen LogP contribution in [0.3, 0.4) is 0 Å². The van der Waals surface area contributed by atoms with Gasteiger partial charge in [-0.25, -0.2) is 4.79 Å². The number of carbonyl (C=O) groups excluding carboxylic acids is 2.